The summed E-state index contributed by atoms with van der Waals surface area (Å²) in [5.41, 5.74) is 4.02. The highest BCUT2D eigenvalue weighted by Gasteiger charge is 2.30. The normalized spacial score (nSPS) is 16.2. The van der Waals surface area contributed by atoms with Gasteiger partial charge in [0.1, 0.15) is 0 Å². The number of amides is 2. The molecule has 2 aromatic carbocycles. The average Bonchev–Trinajstić information content (AvgIpc) is 3.13. The fourth-order valence-corrected chi connectivity index (χ4v) is 3.57. The van der Waals surface area contributed by atoms with Crippen molar-refractivity contribution < 1.29 is 14.3 Å². The van der Waals surface area contributed by atoms with Crippen molar-refractivity contribution in [2.24, 2.45) is 0 Å². The highest BCUT2D eigenvalue weighted by molar-refractivity contribution is 5.90. The van der Waals surface area contributed by atoms with Crippen molar-refractivity contribution in [3.63, 3.8) is 0 Å². The molecule has 1 N–H and O–H groups in total. The second-order valence-corrected chi connectivity index (χ2v) is 6.82. The Morgan fingerprint density at radius 3 is 2.59 bits per heavy atom. The van der Waals surface area contributed by atoms with Crippen LogP contribution in [0.1, 0.15) is 42.5 Å². The molecule has 27 heavy (non-hydrogen) atoms. The summed E-state index contributed by atoms with van der Waals surface area (Å²) in [4.78, 5) is 26.3. The molecule has 0 spiro atoms. The number of nitrogens with zero attached hydrogens (tertiary/aromatic N) is 1. The first kappa shape index (κ1) is 19.0. The summed E-state index contributed by atoms with van der Waals surface area (Å²) < 4.78 is 4.96. The largest absolute Gasteiger partial charge is 0.466 e. The predicted octanol–water partition coefficient (Wildman–Crippen LogP) is 4.47. The molecule has 5 nitrogen and oxygen atoms in total. The van der Waals surface area contributed by atoms with Gasteiger partial charge in [-0.25, -0.2) is 4.79 Å². The monoisotopic (exact) mass is 366 g/mol. The van der Waals surface area contributed by atoms with Gasteiger partial charge in [-0.05, 0) is 55.5 Å². The molecular weight excluding hydrogens is 340 g/mol. The summed E-state index contributed by atoms with van der Waals surface area (Å²) in [5.74, 6) is -0.243. The van der Waals surface area contributed by atoms with Gasteiger partial charge in [0, 0.05) is 12.2 Å². The standard InChI is InChI=1S/C22H26N2O3/c1-3-27-21(25)15-17-10-12-18(13-11-17)23-22(26)24-14-6-9-20(24)19-8-5-4-7-16(19)2/h4-5,7-8,10-13,20H,3,6,9,14-15H2,1-2H3,(H,23,26)/t20-/m0/s1. The van der Waals surface area contributed by atoms with Gasteiger partial charge in [-0.3, -0.25) is 4.79 Å². The van der Waals surface area contributed by atoms with Gasteiger partial charge in [0.2, 0.25) is 0 Å². The summed E-state index contributed by atoms with van der Waals surface area (Å²) in [7, 11) is 0. The van der Waals surface area contributed by atoms with E-state index in [4.69, 9.17) is 4.74 Å². The molecule has 1 heterocycles. The molecule has 1 aliphatic rings. The number of anilines is 1. The molecule has 0 unspecified atom stereocenters. The summed E-state index contributed by atoms with van der Waals surface area (Å²) in [6.45, 7) is 5.02. The molecule has 5 heteroatoms. The topological polar surface area (TPSA) is 58.6 Å². The second-order valence-electron chi connectivity index (χ2n) is 6.82. The number of hydrogen-bond donors (Lipinski definition) is 1. The van der Waals surface area contributed by atoms with E-state index in [1.807, 2.05) is 41.3 Å². The molecule has 0 saturated carbocycles. The predicted molar refractivity (Wildman–Crippen MR) is 106 cm³/mol. The minimum Gasteiger partial charge on any atom is -0.466 e. The SMILES string of the molecule is CCOC(=O)Cc1ccc(NC(=O)N2CCC[C@H]2c2ccccc2C)cc1. The van der Waals surface area contributed by atoms with Crippen LogP contribution in [0.2, 0.25) is 0 Å². The van der Waals surface area contributed by atoms with Crippen LogP contribution in [-0.2, 0) is 16.0 Å². The van der Waals surface area contributed by atoms with E-state index in [1.165, 1.54) is 11.1 Å². The Labute approximate surface area is 160 Å². The Bertz CT molecular complexity index is 801. The lowest BCUT2D eigenvalue weighted by molar-refractivity contribution is -0.142. The first-order valence-corrected chi connectivity index (χ1v) is 9.46. The number of benzene rings is 2. The quantitative estimate of drug-likeness (QED) is 0.794. The van der Waals surface area contributed by atoms with Crippen molar-refractivity contribution in [1.82, 2.24) is 4.90 Å². The van der Waals surface area contributed by atoms with Gasteiger partial charge in [-0.2, -0.15) is 0 Å². The van der Waals surface area contributed by atoms with Crippen LogP contribution in [0.4, 0.5) is 10.5 Å². The zero-order valence-electron chi connectivity index (χ0n) is 15.9. The van der Waals surface area contributed by atoms with E-state index in [0.29, 0.717) is 6.61 Å². The molecule has 0 aliphatic carbocycles. The molecular formula is C22H26N2O3. The van der Waals surface area contributed by atoms with E-state index in [9.17, 15) is 9.59 Å². The van der Waals surface area contributed by atoms with Crippen molar-refractivity contribution in [3.8, 4) is 0 Å². The molecule has 0 aromatic heterocycles. The number of carbonyl (C=O) groups excluding carboxylic acids is 2. The van der Waals surface area contributed by atoms with Gasteiger partial charge in [-0.1, -0.05) is 36.4 Å². The maximum Gasteiger partial charge on any atom is 0.322 e. The molecule has 1 fully saturated rings. The number of esters is 1. The van der Waals surface area contributed by atoms with Crippen LogP contribution >= 0.6 is 0 Å². The van der Waals surface area contributed by atoms with Crippen LogP contribution in [0, 0.1) is 6.92 Å². The third-order valence-corrected chi connectivity index (χ3v) is 4.92. The number of carbonyl (C=O) groups is 2. The highest BCUT2D eigenvalue weighted by atomic mass is 16.5. The van der Waals surface area contributed by atoms with Crippen molar-refractivity contribution in [3.05, 3.63) is 65.2 Å². The van der Waals surface area contributed by atoms with Crippen LogP contribution in [0.25, 0.3) is 0 Å². The van der Waals surface area contributed by atoms with E-state index in [-0.39, 0.29) is 24.5 Å². The van der Waals surface area contributed by atoms with E-state index in [2.05, 4.69) is 24.4 Å². The van der Waals surface area contributed by atoms with Gasteiger partial charge in [0.05, 0.1) is 19.1 Å². The van der Waals surface area contributed by atoms with Crippen molar-refractivity contribution >= 4 is 17.7 Å². The first-order chi connectivity index (χ1) is 13.1. The molecule has 3 rings (SSSR count). The smallest absolute Gasteiger partial charge is 0.322 e. The highest BCUT2D eigenvalue weighted by Crippen LogP contribution is 2.34. The number of nitrogens with one attached hydrogen (secondary N) is 1. The minimum atomic E-state index is -0.243. The fraction of sp³-hybridized carbons (Fsp3) is 0.364. The number of hydrogen-bond acceptors (Lipinski definition) is 3. The summed E-state index contributed by atoms with van der Waals surface area (Å²) in [5, 5.41) is 2.98. The Morgan fingerprint density at radius 2 is 1.89 bits per heavy atom. The van der Waals surface area contributed by atoms with E-state index in [1.54, 1.807) is 6.92 Å². The van der Waals surface area contributed by atoms with E-state index >= 15 is 0 Å². The van der Waals surface area contributed by atoms with Gasteiger partial charge in [0.25, 0.3) is 0 Å². The lowest BCUT2D eigenvalue weighted by Gasteiger charge is -2.26. The third-order valence-electron chi connectivity index (χ3n) is 4.92. The number of ether oxygens (including phenoxy) is 1. The zero-order chi connectivity index (χ0) is 19.2. The Balaban J connectivity index is 1.64. The zero-order valence-corrected chi connectivity index (χ0v) is 15.9. The molecule has 2 amide bonds. The summed E-state index contributed by atoms with van der Waals surface area (Å²) >= 11 is 0. The third kappa shape index (κ3) is 4.67. The van der Waals surface area contributed by atoms with Crippen molar-refractivity contribution in [1.29, 1.82) is 0 Å². The van der Waals surface area contributed by atoms with Gasteiger partial charge < -0.3 is 15.0 Å². The maximum absolute atomic E-state index is 12.8. The Kier molecular flexibility index (Phi) is 6.12. The van der Waals surface area contributed by atoms with Crippen LogP contribution in [-0.4, -0.2) is 30.1 Å². The number of urea groups is 1. The molecule has 2 aromatic rings. The number of likely N-dealkylation sites (tertiary alicyclic amines) is 1. The minimum absolute atomic E-state index is 0.0844. The maximum atomic E-state index is 12.8. The summed E-state index contributed by atoms with van der Waals surface area (Å²) in [6, 6.07) is 15.6. The van der Waals surface area contributed by atoms with Crippen LogP contribution < -0.4 is 5.32 Å². The molecule has 1 aliphatic heterocycles. The lowest BCUT2D eigenvalue weighted by Crippen LogP contribution is -2.34. The van der Waals surface area contributed by atoms with Gasteiger partial charge in [-0.15, -0.1) is 0 Å². The van der Waals surface area contributed by atoms with Crippen molar-refractivity contribution in [2.45, 2.75) is 39.2 Å². The first-order valence-electron chi connectivity index (χ1n) is 9.46. The summed E-state index contributed by atoms with van der Waals surface area (Å²) in [6.07, 6.45) is 2.23. The fourth-order valence-electron chi connectivity index (χ4n) is 3.57. The van der Waals surface area contributed by atoms with Gasteiger partial charge >= 0.3 is 12.0 Å². The molecule has 0 radical (unpaired) electrons. The molecule has 1 atom stereocenters. The molecule has 0 bridgehead atoms. The van der Waals surface area contributed by atoms with Crippen LogP contribution in [0.5, 0.6) is 0 Å². The van der Waals surface area contributed by atoms with E-state index in [0.717, 1.165) is 30.6 Å². The lowest BCUT2D eigenvalue weighted by atomic mass is 9.99. The molecule has 142 valence electrons. The average molecular weight is 366 g/mol. The van der Waals surface area contributed by atoms with E-state index < -0.39 is 0 Å². The van der Waals surface area contributed by atoms with Crippen LogP contribution in [0.3, 0.4) is 0 Å². The number of rotatable bonds is 5. The Morgan fingerprint density at radius 1 is 1.15 bits per heavy atom. The van der Waals surface area contributed by atoms with Gasteiger partial charge in [0.15, 0.2) is 0 Å². The number of aryl methyl sites for hydroxylation is 1. The van der Waals surface area contributed by atoms with Crippen LogP contribution in [0.15, 0.2) is 48.5 Å². The Hall–Kier alpha value is -2.82. The second kappa shape index (κ2) is 8.71. The van der Waals surface area contributed by atoms with Crippen molar-refractivity contribution in [2.75, 3.05) is 18.5 Å². The molecule has 1 saturated heterocycles.